The molecular weight excluding hydrogens is 132 g/mol. The molecule has 10 heavy (non-hydrogen) atoms. The van der Waals surface area contributed by atoms with Gasteiger partial charge in [-0.25, -0.2) is 4.79 Å². The fraction of sp³-hybridized carbons (Fsp3) is 0.571. The molecule has 1 rings (SSSR count). The van der Waals surface area contributed by atoms with Gasteiger partial charge < -0.3 is 9.84 Å². The van der Waals surface area contributed by atoms with Crippen LogP contribution in [0.4, 0.5) is 0 Å². The van der Waals surface area contributed by atoms with Gasteiger partial charge in [0.25, 0.3) is 0 Å². The summed E-state index contributed by atoms with van der Waals surface area (Å²) in [5.41, 5.74) is -1.01. The number of carboxylic acid groups (broad SMARTS) is 1. The summed E-state index contributed by atoms with van der Waals surface area (Å²) >= 11 is 0. The molecule has 0 saturated heterocycles. The average Bonchev–Trinajstić information content (AvgIpc) is 2.13. The van der Waals surface area contributed by atoms with Gasteiger partial charge in [0, 0.05) is 6.42 Å². The summed E-state index contributed by atoms with van der Waals surface area (Å²) in [6.45, 7) is 3.33. The van der Waals surface area contributed by atoms with E-state index in [0.29, 0.717) is 12.2 Å². The molecule has 1 aliphatic rings. The van der Waals surface area contributed by atoms with E-state index in [4.69, 9.17) is 9.84 Å². The zero-order valence-corrected chi connectivity index (χ0v) is 6.05. The van der Waals surface area contributed by atoms with Gasteiger partial charge in [-0.1, -0.05) is 0 Å². The van der Waals surface area contributed by atoms with Crippen molar-refractivity contribution >= 4 is 5.97 Å². The first-order chi connectivity index (χ1) is 4.54. The number of allylic oxidation sites excluding steroid dienone is 1. The molecule has 1 aliphatic heterocycles. The molecule has 3 heteroatoms. The molecule has 0 aliphatic carbocycles. The third-order valence-corrected chi connectivity index (χ3v) is 1.62. The van der Waals surface area contributed by atoms with Crippen molar-refractivity contribution < 1.29 is 14.6 Å². The van der Waals surface area contributed by atoms with Crippen molar-refractivity contribution in [1.29, 1.82) is 0 Å². The molecule has 0 saturated carbocycles. The first-order valence-corrected chi connectivity index (χ1v) is 3.14. The number of hydrogen-bond donors (Lipinski definition) is 1. The van der Waals surface area contributed by atoms with Crippen molar-refractivity contribution in [3.05, 3.63) is 11.8 Å². The maximum atomic E-state index is 10.5. The predicted octanol–water partition coefficient (Wildman–Crippen LogP) is 1.15. The Kier molecular flexibility index (Phi) is 1.43. The van der Waals surface area contributed by atoms with Crippen LogP contribution >= 0.6 is 0 Å². The van der Waals surface area contributed by atoms with Crippen LogP contribution in [0.1, 0.15) is 20.3 Å². The van der Waals surface area contributed by atoms with E-state index in [1.54, 1.807) is 19.9 Å². The van der Waals surface area contributed by atoms with Gasteiger partial charge >= 0.3 is 5.97 Å². The number of ether oxygens (including phenoxy) is 1. The summed E-state index contributed by atoms with van der Waals surface area (Å²) in [7, 11) is 0. The maximum absolute atomic E-state index is 10.5. The number of rotatable bonds is 1. The van der Waals surface area contributed by atoms with Gasteiger partial charge in [-0.05, 0) is 19.9 Å². The molecule has 56 valence electrons. The molecule has 1 atom stereocenters. The Morgan fingerprint density at radius 3 is 2.70 bits per heavy atom. The van der Waals surface area contributed by atoms with E-state index in [9.17, 15) is 4.79 Å². The van der Waals surface area contributed by atoms with E-state index in [2.05, 4.69) is 0 Å². The molecule has 0 amide bonds. The molecule has 0 fully saturated rings. The van der Waals surface area contributed by atoms with Gasteiger partial charge in [-0.3, -0.25) is 0 Å². The number of hydrogen-bond acceptors (Lipinski definition) is 2. The maximum Gasteiger partial charge on any atom is 0.348 e. The lowest BCUT2D eigenvalue weighted by Crippen LogP contribution is -2.34. The van der Waals surface area contributed by atoms with Crippen LogP contribution in [0.2, 0.25) is 0 Å². The number of aliphatic carboxylic acids is 1. The summed E-state index contributed by atoms with van der Waals surface area (Å²) in [5, 5.41) is 8.63. The average molecular weight is 142 g/mol. The highest BCUT2D eigenvalue weighted by atomic mass is 16.5. The fourth-order valence-corrected chi connectivity index (χ4v) is 0.908. The van der Waals surface area contributed by atoms with Crippen molar-refractivity contribution in [2.45, 2.75) is 25.9 Å². The van der Waals surface area contributed by atoms with Crippen LogP contribution in [-0.4, -0.2) is 16.7 Å². The molecule has 0 radical (unpaired) electrons. The van der Waals surface area contributed by atoms with Gasteiger partial charge in [0.1, 0.15) is 0 Å². The van der Waals surface area contributed by atoms with Gasteiger partial charge in [0.2, 0.25) is 5.60 Å². The highest BCUT2D eigenvalue weighted by Gasteiger charge is 2.37. The van der Waals surface area contributed by atoms with E-state index in [0.717, 1.165) is 0 Å². The normalized spacial score (nSPS) is 31.2. The SMILES string of the molecule is CC1=CCC(C)(C(=O)O)O1. The molecule has 0 aromatic heterocycles. The first kappa shape index (κ1) is 7.12. The minimum absolute atomic E-state index is 0.466. The zero-order valence-electron chi connectivity index (χ0n) is 6.05. The summed E-state index contributed by atoms with van der Waals surface area (Å²) in [5.74, 6) is -0.203. The Labute approximate surface area is 59.3 Å². The van der Waals surface area contributed by atoms with Crippen molar-refractivity contribution in [1.82, 2.24) is 0 Å². The summed E-state index contributed by atoms with van der Waals surface area (Å²) in [6.07, 6.45) is 2.25. The second kappa shape index (κ2) is 2.01. The Bertz CT molecular complexity index is 195. The number of carboxylic acids is 1. The van der Waals surface area contributed by atoms with Crippen molar-refractivity contribution in [3.8, 4) is 0 Å². The van der Waals surface area contributed by atoms with E-state index in [1.165, 1.54) is 0 Å². The van der Waals surface area contributed by atoms with Gasteiger partial charge in [0.05, 0.1) is 5.76 Å². The third kappa shape index (κ3) is 0.988. The molecule has 1 unspecified atom stereocenters. The van der Waals surface area contributed by atoms with Crippen LogP contribution in [0.5, 0.6) is 0 Å². The molecule has 1 N–H and O–H groups in total. The highest BCUT2D eigenvalue weighted by Crippen LogP contribution is 2.27. The third-order valence-electron chi connectivity index (χ3n) is 1.62. The molecule has 0 spiro atoms. The molecule has 0 bridgehead atoms. The van der Waals surface area contributed by atoms with Gasteiger partial charge in [-0.2, -0.15) is 0 Å². The van der Waals surface area contributed by atoms with Crippen LogP contribution in [0, 0.1) is 0 Å². The largest absolute Gasteiger partial charge is 0.481 e. The fourth-order valence-electron chi connectivity index (χ4n) is 0.908. The quantitative estimate of drug-likeness (QED) is 0.597. The highest BCUT2D eigenvalue weighted by molar-refractivity contribution is 5.77. The molecule has 0 aromatic rings. The Morgan fingerprint density at radius 2 is 2.50 bits per heavy atom. The minimum Gasteiger partial charge on any atom is -0.481 e. The minimum atomic E-state index is -1.01. The van der Waals surface area contributed by atoms with Crippen molar-refractivity contribution in [2.75, 3.05) is 0 Å². The van der Waals surface area contributed by atoms with E-state index in [-0.39, 0.29) is 0 Å². The van der Waals surface area contributed by atoms with Gasteiger partial charge in [-0.15, -0.1) is 0 Å². The summed E-state index contributed by atoms with van der Waals surface area (Å²) in [6, 6.07) is 0. The van der Waals surface area contributed by atoms with Crippen molar-refractivity contribution in [2.24, 2.45) is 0 Å². The smallest absolute Gasteiger partial charge is 0.348 e. The van der Waals surface area contributed by atoms with Crippen LogP contribution in [0.15, 0.2) is 11.8 Å². The summed E-state index contributed by atoms with van der Waals surface area (Å²) in [4.78, 5) is 10.5. The number of carbonyl (C=O) groups is 1. The standard InChI is InChI=1S/C7H10O3/c1-5-3-4-7(2,10-5)6(8)9/h3H,4H2,1-2H3,(H,8,9). The molecule has 0 aromatic carbocycles. The van der Waals surface area contributed by atoms with Crippen LogP contribution in [0.3, 0.4) is 0 Å². The van der Waals surface area contributed by atoms with Crippen LogP contribution in [-0.2, 0) is 9.53 Å². The zero-order chi connectivity index (χ0) is 7.78. The molecule has 1 heterocycles. The Morgan fingerprint density at radius 1 is 1.90 bits per heavy atom. The lowest BCUT2D eigenvalue weighted by atomic mass is 10.1. The van der Waals surface area contributed by atoms with E-state index >= 15 is 0 Å². The lowest BCUT2D eigenvalue weighted by Gasteiger charge is -2.18. The van der Waals surface area contributed by atoms with Crippen molar-refractivity contribution in [3.63, 3.8) is 0 Å². The Balaban J connectivity index is 2.70. The summed E-state index contributed by atoms with van der Waals surface area (Å²) < 4.78 is 5.07. The second-order valence-corrected chi connectivity index (χ2v) is 2.66. The lowest BCUT2D eigenvalue weighted by molar-refractivity contribution is -0.156. The van der Waals surface area contributed by atoms with E-state index in [1.807, 2.05) is 0 Å². The Hall–Kier alpha value is -0.990. The first-order valence-electron chi connectivity index (χ1n) is 3.14. The molecule has 3 nitrogen and oxygen atoms in total. The molecular formula is C7H10O3. The second-order valence-electron chi connectivity index (χ2n) is 2.66. The van der Waals surface area contributed by atoms with Gasteiger partial charge in [0.15, 0.2) is 0 Å². The monoisotopic (exact) mass is 142 g/mol. The predicted molar refractivity (Wildman–Crippen MR) is 35.5 cm³/mol. The van der Waals surface area contributed by atoms with E-state index < -0.39 is 11.6 Å². The topological polar surface area (TPSA) is 46.5 Å². The van der Waals surface area contributed by atoms with Crippen LogP contribution < -0.4 is 0 Å². The van der Waals surface area contributed by atoms with Crippen LogP contribution in [0.25, 0.3) is 0 Å².